The lowest BCUT2D eigenvalue weighted by Crippen LogP contribution is -2.28. The van der Waals surface area contributed by atoms with E-state index in [-0.39, 0.29) is 0 Å². The van der Waals surface area contributed by atoms with Crippen LogP contribution in [0, 0.1) is 17.2 Å². The molecule has 0 amide bonds. The number of nitrogens with zero attached hydrogens (tertiary/aromatic N) is 2. The molecular weight excluding hydrogens is 148 g/mol. The molecular formula is C10H18N2. The predicted octanol–water partition coefficient (Wildman–Crippen LogP) is 2.02. The maximum Gasteiger partial charge on any atom is 0.0868 e. The van der Waals surface area contributed by atoms with Gasteiger partial charge in [0.05, 0.1) is 12.6 Å². The molecule has 1 saturated carbocycles. The average Bonchev–Trinajstić information content (AvgIpc) is 2.79. The van der Waals surface area contributed by atoms with Crippen molar-refractivity contribution in [2.24, 2.45) is 5.92 Å². The Bertz CT molecular complexity index is 165. The van der Waals surface area contributed by atoms with Crippen LogP contribution in [0.1, 0.15) is 33.1 Å². The van der Waals surface area contributed by atoms with Crippen LogP contribution in [0.15, 0.2) is 0 Å². The minimum atomic E-state index is 0.622. The minimum absolute atomic E-state index is 0.622. The molecule has 0 atom stereocenters. The van der Waals surface area contributed by atoms with E-state index in [1.807, 2.05) is 0 Å². The third-order valence-electron chi connectivity index (χ3n) is 2.33. The molecule has 0 bridgehead atoms. The summed E-state index contributed by atoms with van der Waals surface area (Å²) in [6.07, 6.45) is 3.83. The molecule has 0 heterocycles. The molecule has 12 heavy (non-hydrogen) atoms. The molecule has 0 aromatic heterocycles. The highest BCUT2D eigenvalue weighted by Gasteiger charge is 2.28. The Morgan fingerprint density at radius 3 is 2.58 bits per heavy atom. The molecule has 0 unspecified atom stereocenters. The van der Waals surface area contributed by atoms with Gasteiger partial charge in [0.1, 0.15) is 0 Å². The second-order valence-corrected chi connectivity index (χ2v) is 4.04. The Hall–Kier alpha value is -0.550. The van der Waals surface area contributed by atoms with Crippen molar-refractivity contribution in [2.75, 3.05) is 13.1 Å². The summed E-state index contributed by atoms with van der Waals surface area (Å²) in [6.45, 7) is 6.20. The van der Waals surface area contributed by atoms with Crippen LogP contribution in [-0.4, -0.2) is 24.0 Å². The number of hydrogen-bond acceptors (Lipinski definition) is 2. The van der Waals surface area contributed by atoms with Gasteiger partial charge in [-0.25, -0.2) is 0 Å². The van der Waals surface area contributed by atoms with Crippen molar-refractivity contribution in [2.45, 2.75) is 39.2 Å². The normalized spacial score (nSPS) is 16.9. The second kappa shape index (κ2) is 4.47. The Morgan fingerprint density at radius 2 is 2.17 bits per heavy atom. The fraction of sp³-hybridized carbons (Fsp3) is 0.900. The zero-order chi connectivity index (χ0) is 8.97. The molecule has 1 aliphatic carbocycles. The summed E-state index contributed by atoms with van der Waals surface area (Å²) in [7, 11) is 0. The van der Waals surface area contributed by atoms with Gasteiger partial charge < -0.3 is 0 Å². The molecule has 2 nitrogen and oxygen atoms in total. The van der Waals surface area contributed by atoms with E-state index in [0.717, 1.165) is 18.5 Å². The molecule has 0 aromatic rings. The van der Waals surface area contributed by atoms with Crippen molar-refractivity contribution >= 4 is 0 Å². The molecule has 1 rings (SSSR count). The van der Waals surface area contributed by atoms with Gasteiger partial charge >= 0.3 is 0 Å². The Balaban J connectivity index is 2.19. The van der Waals surface area contributed by atoms with Crippen molar-refractivity contribution in [1.29, 1.82) is 5.26 Å². The van der Waals surface area contributed by atoms with Crippen molar-refractivity contribution in [1.82, 2.24) is 4.90 Å². The highest BCUT2D eigenvalue weighted by atomic mass is 15.2. The van der Waals surface area contributed by atoms with Crippen LogP contribution >= 0.6 is 0 Å². The van der Waals surface area contributed by atoms with Crippen molar-refractivity contribution < 1.29 is 0 Å². The number of rotatable bonds is 5. The summed E-state index contributed by atoms with van der Waals surface area (Å²) in [4.78, 5) is 2.32. The fourth-order valence-electron chi connectivity index (χ4n) is 1.35. The first-order valence-corrected chi connectivity index (χ1v) is 4.85. The zero-order valence-electron chi connectivity index (χ0n) is 8.08. The van der Waals surface area contributed by atoms with Gasteiger partial charge in [-0.05, 0) is 31.7 Å². The first-order chi connectivity index (χ1) is 5.74. The van der Waals surface area contributed by atoms with Crippen LogP contribution in [0.3, 0.4) is 0 Å². The first-order valence-electron chi connectivity index (χ1n) is 4.85. The monoisotopic (exact) mass is 166 g/mol. The number of hydrogen-bond donors (Lipinski definition) is 0. The molecule has 2 heteroatoms. The zero-order valence-corrected chi connectivity index (χ0v) is 8.08. The molecule has 0 spiro atoms. The van der Waals surface area contributed by atoms with Crippen molar-refractivity contribution in [3.05, 3.63) is 0 Å². The molecule has 0 saturated heterocycles. The van der Waals surface area contributed by atoms with Gasteiger partial charge in [-0.2, -0.15) is 5.26 Å². The van der Waals surface area contributed by atoms with Crippen LogP contribution in [0.5, 0.6) is 0 Å². The highest BCUT2D eigenvalue weighted by Crippen LogP contribution is 2.26. The Labute approximate surface area is 75.2 Å². The van der Waals surface area contributed by atoms with E-state index >= 15 is 0 Å². The van der Waals surface area contributed by atoms with Crippen molar-refractivity contribution in [3.63, 3.8) is 0 Å². The molecule has 1 fully saturated rings. The molecule has 0 radical (unpaired) electrons. The van der Waals surface area contributed by atoms with Crippen LogP contribution < -0.4 is 0 Å². The fourth-order valence-corrected chi connectivity index (χ4v) is 1.35. The summed E-state index contributed by atoms with van der Waals surface area (Å²) in [5.41, 5.74) is 0. The first kappa shape index (κ1) is 9.54. The van der Waals surface area contributed by atoms with E-state index in [4.69, 9.17) is 5.26 Å². The van der Waals surface area contributed by atoms with Crippen LogP contribution in [0.4, 0.5) is 0 Å². The van der Waals surface area contributed by atoms with Gasteiger partial charge in [0.15, 0.2) is 0 Å². The predicted molar refractivity (Wildman–Crippen MR) is 49.7 cm³/mol. The molecule has 68 valence electrons. The molecule has 0 N–H and O–H groups in total. The smallest absolute Gasteiger partial charge is 0.0868 e. The third-order valence-corrected chi connectivity index (χ3v) is 2.33. The van der Waals surface area contributed by atoms with Crippen LogP contribution in [0.25, 0.3) is 0 Å². The highest BCUT2D eigenvalue weighted by molar-refractivity contribution is 4.89. The summed E-state index contributed by atoms with van der Waals surface area (Å²) < 4.78 is 0. The van der Waals surface area contributed by atoms with E-state index in [2.05, 4.69) is 24.8 Å². The standard InChI is InChI=1S/C10H18N2/c1-9(2)5-7-12(8-6-11)10-3-4-10/h9-10H,3-5,7-8H2,1-2H3. The average molecular weight is 166 g/mol. The van der Waals surface area contributed by atoms with E-state index in [1.54, 1.807) is 0 Å². The summed E-state index contributed by atoms with van der Waals surface area (Å²) in [5.74, 6) is 0.755. The summed E-state index contributed by atoms with van der Waals surface area (Å²) in [5, 5.41) is 8.59. The largest absolute Gasteiger partial charge is 0.288 e. The SMILES string of the molecule is CC(C)CCN(CC#N)C1CC1. The molecule has 0 aliphatic heterocycles. The topological polar surface area (TPSA) is 27.0 Å². The van der Waals surface area contributed by atoms with E-state index in [1.165, 1.54) is 19.3 Å². The number of nitriles is 1. The van der Waals surface area contributed by atoms with Gasteiger partial charge in [-0.1, -0.05) is 13.8 Å². The maximum atomic E-state index is 8.59. The Kier molecular flexibility index (Phi) is 3.55. The lowest BCUT2D eigenvalue weighted by atomic mass is 10.1. The quantitative estimate of drug-likeness (QED) is 0.584. The van der Waals surface area contributed by atoms with E-state index < -0.39 is 0 Å². The van der Waals surface area contributed by atoms with Gasteiger partial charge in [-0.3, -0.25) is 4.90 Å². The van der Waals surface area contributed by atoms with Gasteiger partial charge in [0.25, 0.3) is 0 Å². The van der Waals surface area contributed by atoms with Crippen LogP contribution in [0.2, 0.25) is 0 Å². The third kappa shape index (κ3) is 3.23. The lowest BCUT2D eigenvalue weighted by molar-refractivity contribution is 0.276. The molecule has 1 aliphatic rings. The van der Waals surface area contributed by atoms with Gasteiger partial charge in [0.2, 0.25) is 0 Å². The molecule has 0 aromatic carbocycles. The summed E-state index contributed by atoms with van der Waals surface area (Å²) >= 11 is 0. The lowest BCUT2D eigenvalue weighted by Gasteiger charge is -2.19. The van der Waals surface area contributed by atoms with E-state index in [0.29, 0.717) is 6.54 Å². The maximum absolute atomic E-state index is 8.59. The van der Waals surface area contributed by atoms with E-state index in [9.17, 15) is 0 Å². The van der Waals surface area contributed by atoms with Gasteiger partial charge in [0, 0.05) is 6.04 Å². The minimum Gasteiger partial charge on any atom is -0.288 e. The Morgan fingerprint density at radius 1 is 1.50 bits per heavy atom. The summed E-state index contributed by atoms with van der Waals surface area (Å²) in [6, 6.07) is 2.98. The van der Waals surface area contributed by atoms with Gasteiger partial charge in [-0.15, -0.1) is 0 Å². The van der Waals surface area contributed by atoms with Crippen LogP contribution in [-0.2, 0) is 0 Å². The second-order valence-electron chi connectivity index (χ2n) is 4.04. The van der Waals surface area contributed by atoms with Crippen molar-refractivity contribution in [3.8, 4) is 6.07 Å².